The quantitative estimate of drug-likeness (QED) is 0.309. The molecule has 0 fully saturated rings. The average molecular weight is 409 g/mol. The van der Waals surface area contributed by atoms with E-state index >= 15 is 0 Å². The zero-order valence-corrected chi connectivity index (χ0v) is 14.7. The lowest BCUT2D eigenvalue weighted by Gasteiger charge is -2.17. The van der Waals surface area contributed by atoms with Gasteiger partial charge in [-0.05, 0) is 68.0 Å². The third-order valence-electron chi connectivity index (χ3n) is 2.10. The molecule has 0 saturated heterocycles. The van der Waals surface area contributed by atoms with E-state index in [1.165, 1.54) is 6.08 Å². The monoisotopic (exact) mass is 408 g/mol. The Labute approximate surface area is 138 Å². The van der Waals surface area contributed by atoms with E-state index in [4.69, 9.17) is 21.1 Å². The van der Waals surface area contributed by atoms with Crippen molar-refractivity contribution in [3.8, 4) is 5.75 Å². The largest absolute Gasteiger partial charge is 0.492 e. The average Bonchev–Trinajstić information content (AvgIpc) is 2.28. The van der Waals surface area contributed by atoms with Crippen LogP contribution in [0.5, 0.6) is 5.75 Å². The lowest BCUT2D eigenvalue weighted by Crippen LogP contribution is -2.22. The van der Waals surface area contributed by atoms with Crippen molar-refractivity contribution in [3.63, 3.8) is 0 Å². The molecule has 1 rings (SSSR count). The molecule has 5 heteroatoms. The molecule has 0 atom stereocenters. The molecular weight excluding hydrogens is 391 g/mol. The van der Waals surface area contributed by atoms with Gasteiger partial charge in [-0.3, -0.25) is 0 Å². The summed E-state index contributed by atoms with van der Waals surface area (Å²) in [6.07, 6.45) is 3.82. The molecule has 0 aliphatic rings. The Balaban J connectivity index is 2.33. The van der Waals surface area contributed by atoms with Crippen LogP contribution in [0.2, 0.25) is 5.02 Å². The Morgan fingerprint density at radius 2 is 2.10 bits per heavy atom. The Hall–Kier alpha value is -0.750. The first-order valence-electron chi connectivity index (χ1n) is 6.25. The molecule has 0 unspecified atom stereocenters. The predicted molar refractivity (Wildman–Crippen MR) is 89.3 cm³/mol. The summed E-state index contributed by atoms with van der Waals surface area (Å²) < 4.78 is 11.7. The van der Waals surface area contributed by atoms with E-state index in [-0.39, 0.29) is 5.97 Å². The Morgan fingerprint density at radius 3 is 2.70 bits per heavy atom. The van der Waals surface area contributed by atoms with Crippen molar-refractivity contribution >= 4 is 40.2 Å². The number of hydrogen-bond acceptors (Lipinski definition) is 3. The molecule has 1 aromatic carbocycles. The minimum Gasteiger partial charge on any atom is -0.492 e. The fourth-order valence-corrected chi connectivity index (χ4v) is 2.37. The fourth-order valence-electron chi connectivity index (χ4n) is 1.34. The van der Waals surface area contributed by atoms with Crippen LogP contribution in [0.3, 0.4) is 0 Å². The maximum atomic E-state index is 11.4. The first-order chi connectivity index (χ1) is 9.28. The maximum Gasteiger partial charge on any atom is 0.330 e. The second-order valence-electron chi connectivity index (χ2n) is 5.15. The maximum absolute atomic E-state index is 11.4. The van der Waals surface area contributed by atoms with Crippen molar-refractivity contribution in [3.05, 3.63) is 38.9 Å². The number of hydrogen-bond donors (Lipinski definition) is 0. The molecule has 0 amide bonds. The first kappa shape index (κ1) is 17.3. The van der Waals surface area contributed by atoms with Gasteiger partial charge in [0.05, 0.1) is 10.2 Å². The summed E-state index contributed by atoms with van der Waals surface area (Å²) in [5.41, 5.74) is -0.461. The highest BCUT2D eigenvalue weighted by atomic mass is 127. The summed E-state index contributed by atoms with van der Waals surface area (Å²) in [4.78, 5) is 11.4. The highest BCUT2D eigenvalue weighted by Crippen LogP contribution is 2.24. The van der Waals surface area contributed by atoms with Crippen molar-refractivity contribution in [2.45, 2.75) is 32.8 Å². The van der Waals surface area contributed by atoms with E-state index in [1.807, 2.05) is 32.9 Å². The second kappa shape index (κ2) is 7.88. The van der Waals surface area contributed by atoms with Gasteiger partial charge in [0, 0.05) is 11.1 Å². The summed E-state index contributed by atoms with van der Waals surface area (Å²) in [6.45, 7) is 6.01. The minimum absolute atomic E-state index is 0.335. The Kier molecular flexibility index (Phi) is 6.82. The highest BCUT2D eigenvalue weighted by molar-refractivity contribution is 14.1. The topological polar surface area (TPSA) is 35.5 Å². The van der Waals surface area contributed by atoms with E-state index in [2.05, 4.69) is 22.6 Å². The number of halogens is 2. The molecular formula is C15H18ClIO3. The number of ether oxygens (including phenoxy) is 2. The molecule has 3 nitrogen and oxygen atoms in total. The minimum atomic E-state index is -0.461. The number of benzene rings is 1. The van der Waals surface area contributed by atoms with Gasteiger partial charge < -0.3 is 9.47 Å². The molecule has 0 aromatic heterocycles. The van der Waals surface area contributed by atoms with Gasteiger partial charge in [-0.2, -0.15) is 0 Å². The summed E-state index contributed by atoms with van der Waals surface area (Å²) in [7, 11) is 0. The number of esters is 1. The van der Waals surface area contributed by atoms with Crippen LogP contribution in [0.4, 0.5) is 0 Å². The van der Waals surface area contributed by atoms with Gasteiger partial charge in [0.25, 0.3) is 0 Å². The SMILES string of the molecule is CC(C)(C)OC(=O)/C=C/CCOc1ccc(Cl)cc1I. The van der Waals surface area contributed by atoms with E-state index in [0.29, 0.717) is 18.1 Å². The lowest BCUT2D eigenvalue weighted by atomic mass is 10.2. The predicted octanol–water partition coefficient (Wildman–Crippen LogP) is 4.61. The summed E-state index contributed by atoms with van der Waals surface area (Å²) in [5.74, 6) is 0.458. The molecule has 0 aliphatic heterocycles. The van der Waals surface area contributed by atoms with Gasteiger partial charge in [-0.15, -0.1) is 0 Å². The molecule has 110 valence electrons. The lowest BCUT2D eigenvalue weighted by molar-refractivity contribution is -0.148. The van der Waals surface area contributed by atoms with Gasteiger partial charge in [0.15, 0.2) is 0 Å². The normalized spacial score (nSPS) is 11.7. The van der Waals surface area contributed by atoms with Crippen LogP contribution in [0.25, 0.3) is 0 Å². The van der Waals surface area contributed by atoms with Crippen molar-refractivity contribution < 1.29 is 14.3 Å². The van der Waals surface area contributed by atoms with Crippen LogP contribution >= 0.6 is 34.2 Å². The van der Waals surface area contributed by atoms with Crippen LogP contribution < -0.4 is 4.74 Å². The van der Waals surface area contributed by atoms with Gasteiger partial charge in [-0.1, -0.05) is 17.7 Å². The molecule has 1 aromatic rings. The van der Waals surface area contributed by atoms with E-state index in [1.54, 1.807) is 12.1 Å². The summed E-state index contributed by atoms with van der Waals surface area (Å²) >= 11 is 8.04. The van der Waals surface area contributed by atoms with Crippen molar-refractivity contribution in [2.24, 2.45) is 0 Å². The molecule has 0 saturated carbocycles. The third kappa shape index (κ3) is 7.14. The molecule has 0 spiro atoms. The summed E-state index contributed by atoms with van der Waals surface area (Å²) in [6, 6.07) is 5.46. The summed E-state index contributed by atoms with van der Waals surface area (Å²) in [5, 5.41) is 0.687. The van der Waals surface area contributed by atoms with Crippen molar-refractivity contribution in [1.82, 2.24) is 0 Å². The van der Waals surface area contributed by atoms with E-state index in [0.717, 1.165) is 9.32 Å². The fraction of sp³-hybridized carbons (Fsp3) is 0.400. The molecule has 0 bridgehead atoms. The van der Waals surface area contributed by atoms with Crippen molar-refractivity contribution in [1.29, 1.82) is 0 Å². The second-order valence-corrected chi connectivity index (χ2v) is 6.75. The number of carbonyl (C=O) groups is 1. The van der Waals surface area contributed by atoms with Crippen LogP contribution in [0.15, 0.2) is 30.4 Å². The van der Waals surface area contributed by atoms with Crippen LogP contribution in [0, 0.1) is 3.57 Å². The molecule has 0 N–H and O–H groups in total. The molecule has 20 heavy (non-hydrogen) atoms. The van der Waals surface area contributed by atoms with Gasteiger partial charge in [0.1, 0.15) is 11.4 Å². The first-order valence-corrected chi connectivity index (χ1v) is 7.71. The van der Waals surface area contributed by atoms with Gasteiger partial charge in [-0.25, -0.2) is 4.79 Å². The van der Waals surface area contributed by atoms with Gasteiger partial charge >= 0.3 is 5.97 Å². The zero-order valence-electron chi connectivity index (χ0n) is 11.8. The van der Waals surface area contributed by atoms with Crippen LogP contribution in [0.1, 0.15) is 27.2 Å². The van der Waals surface area contributed by atoms with Crippen LogP contribution in [-0.2, 0) is 9.53 Å². The van der Waals surface area contributed by atoms with Gasteiger partial charge in [0.2, 0.25) is 0 Å². The number of rotatable bonds is 5. The molecule has 0 aliphatic carbocycles. The Bertz CT molecular complexity index is 492. The Morgan fingerprint density at radius 1 is 1.40 bits per heavy atom. The zero-order chi connectivity index (χ0) is 15.2. The third-order valence-corrected chi connectivity index (χ3v) is 3.17. The smallest absolute Gasteiger partial charge is 0.330 e. The van der Waals surface area contributed by atoms with E-state index in [9.17, 15) is 4.79 Å². The van der Waals surface area contributed by atoms with E-state index < -0.39 is 5.60 Å². The molecule has 0 radical (unpaired) electrons. The standard InChI is InChI=1S/C15H18ClIO3/c1-15(2,3)20-14(18)6-4-5-9-19-13-8-7-11(16)10-12(13)17/h4,6-8,10H,5,9H2,1-3H3/b6-4+. The van der Waals surface area contributed by atoms with Crippen molar-refractivity contribution in [2.75, 3.05) is 6.61 Å². The van der Waals surface area contributed by atoms with Crippen LogP contribution in [-0.4, -0.2) is 18.2 Å². The molecule has 0 heterocycles. The highest BCUT2D eigenvalue weighted by Gasteiger charge is 2.13. The number of carbonyl (C=O) groups excluding carboxylic acids is 1.